The van der Waals surface area contributed by atoms with E-state index in [-0.39, 0.29) is 0 Å². The average Bonchev–Trinajstić information content (AvgIpc) is 3.33. The highest BCUT2D eigenvalue weighted by atomic mass is 79.9. The van der Waals surface area contributed by atoms with Crippen molar-refractivity contribution >= 4 is 50.8 Å². The summed E-state index contributed by atoms with van der Waals surface area (Å²) in [7, 11) is 0. The Morgan fingerprint density at radius 1 is 1.17 bits per heavy atom. The standard InChI is InChI=1S/C16H14BrClN6/c17-12-8-19-16(20-11-5-3-10(18)4-6-11)22-15(12)21-14-7-13(23-24-14)9-1-2-9/h3-9H,1-2H2,(H3,19,20,21,22,23,24). The van der Waals surface area contributed by atoms with Crippen LogP contribution in [0.25, 0.3) is 0 Å². The Morgan fingerprint density at radius 2 is 1.96 bits per heavy atom. The van der Waals surface area contributed by atoms with Crippen molar-refractivity contribution in [2.45, 2.75) is 18.8 Å². The van der Waals surface area contributed by atoms with Gasteiger partial charge in [0.2, 0.25) is 5.95 Å². The third kappa shape index (κ3) is 3.52. The number of nitrogens with zero attached hydrogens (tertiary/aromatic N) is 3. The molecule has 3 N–H and O–H groups in total. The molecule has 2 aromatic heterocycles. The maximum Gasteiger partial charge on any atom is 0.229 e. The van der Waals surface area contributed by atoms with Gasteiger partial charge in [-0.25, -0.2) is 4.98 Å². The largest absolute Gasteiger partial charge is 0.324 e. The molecule has 0 saturated heterocycles. The van der Waals surface area contributed by atoms with Crippen LogP contribution in [0.4, 0.5) is 23.3 Å². The molecule has 0 spiro atoms. The van der Waals surface area contributed by atoms with Gasteiger partial charge in [-0.1, -0.05) is 11.6 Å². The minimum absolute atomic E-state index is 0.491. The summed E-state index contributed by atoms with van der Waals surface area (Å²) >= 11 is 9.36. The van der Waals surface area contributed by atoms with Crippen molar-refractivity contribution < 1.29 is 0 Å². The van der Waals surface area contributed by atoms with Crippen LogP contribution in [0.15, 0.2) is 41.0 Å². The Kier molecular flexibility index (Phi) is 4.12. The monoisotopic (exact) mass is 404 g/mol. The van der Waals surface area contributed by atoms with E-state index in [1.165, 1.54) is 12.8 Å². The number of H-pyrrole nitrogens is 1. The fourth-order valence-electron chi connectivity index (χ4n) is 2.29. The van der Waals surface area contributed by atoms with Crippen LogP contribution < -0.4 is 10.6 Å². The molecule has 122 valence electrons. The summed E-state index contributed by atoms with van der Waals surface area (Å²) in [5.41, 5.74) is 1.97. The van der Waals surface area contributed by atoms with Gasteiger partial charge in [0, 0.05) is 28.9 Å². The SMILES string of the molecule is Clc1ccc(Nc2ncc(Br)c(Nc3cc(C4CC4)n[nH]3)n2)cc1. The number of aromatic nitrogens is 4. The molecule has 0 unspecified atom stereocenters. The van der Waals surface area contributed by atoms with Crippen molar-refractivity contribution in [1.29, 1.82) is 0 Å². The van der Waals surface area contributed by atoms with Gasteiger partial charge in [0.25, 0.3) is 0 Å². The second-order valence-corrected chi connectivity index (χ2v) is 6.92. The molecule has 0 aliphatic heterocycles. The lowest BCUT2D eigenvalue weighted by molar-refractivity contribution is 0.966. The highest BCUT2D eigenvalue weighted by Crippen LogP contribution is 2.39. The molecule has 0 amide bonds. The Labute approximate surface area is 152 Å². The molecule has 0 radical (unpaired) electrons. The molecule has 1 aliphatic carbocycles. The summed E-state index contributed by atoms with van der Waals surface area (Å²) in [5, 5.41) is 14.4. The molecule has 3 aromatic rings. The number of benzene rings is 1. The molecular formula is C16H14BrClN6. The van der Waals surface area contributed by atoms with E-state index in [1.54, 1.807) is 6.20 Å². The second-order valence-electron chi connectivity index (χ2n) is 5.63. The van der Waals surface area contributed by atoms with Crippen LogP contribution in [-0.2, 0) is 0 Å². The van der Waals surface area contributed by atoms with E-state index in [9.17, 15) is 0 Å². The molecule has 1 saturated carbocycles. The fraction of sp³-hybridized carbons (Fsp3) is 0.188. The Bertz CT molecular complexity index is 859. The topological polar surface area (TPSA) is 78.5 Å². The third-order valence-corrected chi connectivity index (χ3v) is 4.52. The van der Waals surface area contributed by atoms with Gasteiger partial charge in [-0.15, -0.1) is 0 Å². The van der Waals surface area contributed by atoms with Crippen molar-refractivity contribution in [3.63, 3.8) is 0 Å². The molecule has 1 fully saturated rings. The van der Waals surface area contributed by atoms with Crippen LogP contribution in [0.3, 0.4) is 0 Å². The molecule has 4 rings (SSSR count). The number of anilines is 4. The number of hydrogen-bond acceptors (Lipinski definition) is 5. The third-order valence-electron chi connectivity index (χ3n) is 3.69. The van der Waals surface area contributed by atoms with E-state index in [1.807, 2.05) is 30.3 Å². The molecule has 8 heteroatoms. The number of aromatic amines is 1. The van der Waals surface area contributed by atoms with Crippen LogP contribution in [-0.4, -0.2) is 20.2 Å². The summed E-state index contributed by atoms with van der Waals surface area (Å²) in [6.07, 6.45) is 4.14. The lowest BCUT2D eigenvalue weighted by Gasteiger charge is -2.09. The van der Waals surface area contributed by atoms with E-state index in [0.29, 0.717) is 22.7 Å². The van der Waals surface area contributed by atoms with E-state index < -0.39 is 0 Å². The van der Waals surface area contributed by atoms with Gasteiger partial charge in [0.1, 0.15) is 5.82 Å². The molecule has 1 aromatic carbocycles. The molecule has 1 aliphatic rings. The van der Waals surface area contributed by atoms with Crippen LogP contribution in [0.2, 0.25) is 5.02 Å². The van der Waals surface area contributed by atoms with Crippen LogP contribution >= 0.6 is 27.5 Å². The van der Waals surface area contributed by atoms with Crippen molar-refractivity contribution in [1.82, 2.24) is 20.2 Å². The predicted octanol–water partition coefficient (Wildman–Crippen LogP) is 4.98. The van der Waals surface area contributed by atoms with E-state index in [0.717, 1.165) is 21.7 Å². The van der Waals surface area contributed by atoms with Gasteiger partial charge in [-0.2, -0.15) is 10.1 Å². The quantitative estimate of drug-likeness (QED) is 0.558. The van der Waals surface area contributed by atoms with Crippen molar-refractivity contribution in [3.8, 4) is 0 Å². The fourth-order valence-corrected chi connectivity index (χ4v) is 2.71. The highest BCUT2D eigenvalue weighted by Gasteiger charge is 2.26. The molecule has 24 heavy (non-hydrogen) atoms. The zero-order chi connectivity index (χ0) is 16.5. The minimum atomic E-state index is 0.491. The maximum atomic E-state index is 5.89. The first-order valence-corrected chi connectivity index (χ1v) is 8.72. The first kappa shape index (κ1) is 15.4. The van der Waals surface area contributed by atoms with Crippen LogP contribution in [0.5, 0.6) is 0 Å². The summed E-state index contributed by atoms with van der Waals surface area (Å²) in [4.78, 5) is 8.77. The normalized spacial score (nSPS) is 13.8. The van der Waals surface area contributed by atoms with Crippen molar-refractivity contribution in [2.24, 2.45) is 0 Å². The first-order chi connectivity index (χ1) is 11.7. The van der Waals surface area contributed by atoms with E-state index in [4.69, 9.17) is 11.6 Å². The van der Waals surface area contributed by atoms with Crippen LogP contribution in [0.1, 0.15) is 24.5 Å². The zero-order valence-electron chi connectivity index (χ0n) is 12.6. The molecular weight excluding hydrogens is 392 g/mol. The molecule has 0 atom stereocenters. The lowest BCUT2D eigenvalue weighted by atomic mass is 10.3. The minimum Gasteiger partial charge on any atom is -0.324 e. The number of hydrogen-bond donors (Lipinski definition) is 3. The van der Waals surface area contributed by atoms with Gasteiger partial charge in [-0.05, 0) is 53.0 Å². The van der Waals surface area contributed by atoms with Crippen molar-refractivity contribution in [3.05, 3.63) is 51.7 Å². The molecule has 2 heterocycles. The second kappa shape index (κ2) is 6.41. The van der Waals surface area contributed by atoms with Crippen molar-refractivity contribution in [2.75, 3.05) is 10.6 Å². The lowest BCUT2D eigenvalue weighted by Crippen LogP contribution is -2.01. The van der Waals surface area contributed by atoms with Crippen LogP contribution in [0, 0.1) is 0 Å². The number of nitrogens with one attached hydrogen (secondary N) is 3. The molecule has 0 bridgehead atoms. The summed E-state index contributed by atoms with van der Waals surface area (Å²) in [5.74, 6) is 2.57. The number of rotatable bonds is 5. The summed E-state index contributed by atoms with van der Waals surface area (Å²) < 4.78 is 0.770. The van der Waals surface area contributed by atoms with E-state index in [2.05, 4.69) is 46.7 Å². The summed E-state index contributed by atoms with van der Waals surface area (Å²) in [6, 6.07) is 9.39. The highest BCUT2D eigenvalue weighted by molar-refractivity contribution is 9.10. The zero-order valence-corrected chi connectivity index (χ0v) is 14.9. The van der Waals surface area contributed by atoms with Gasteiger partial charge in [0.05, 0.1) is 10.2 Å². The Hall–Kier alpha value is -2.12. The smallest absolute Gasteiger partial charge is 0.229 e. The van der Waals surface area contributed by atoms with Gasteiger partial charge in [0.15, 0.2) is 5.82 Å². The number of halogens is 2. The van der Waals surface area contributed by atoms with Gasteiger partial charge in [-0.3, -0.25) is 5.10 Å². The van der Waals surface area contributed by atoms with Gasteiger partial charge < -0.3 is 10.6 Å². The molecule has 6 nitrogen and oxygen atoms in total. The Balaban J connectivity index is 1.52. The first-order valence-electron chi connectivity index (χ1n) is 7.55. The summed E-state index contributed by atoms with van der Waals surface area (Å²) in [6.45, 7) is 0. The van der Waals surface area contributed by atoms with E-state index >= 15 is 0 Å². The van der Waals surface area contributed by atoms with Gasteiger partial charge >= 0.3 is 0 Å². The Morgan fingerprint density at radius 3 is 2.71 bits per heavy atom. The maximum absolute atomic E-state index is 5.89. The predicted molar refractivity (Wildman–Crippen MR) is 98.3 cm³/mol. The average molecular weight is 406 g/mol.